The van der Waals surface area contributed by atoms with Gasteiger partial charge < -0.3 is 24.3 Å². The summed E-state index contributed by atoms with van der Waals surface area (Å²) in [5.41, 5.74) is 3.33. The third kappa shape index (κ3) is 7.98. The molecule has 0 aliphatic carbocycles. The minimum absolute atomic E-state index is 0.0226. The van der Waals surface area contributed by atoms with E-state index >= 15 is 0 Å². The molecule has 7 nitrogen and oxygen atoms in total. The lowest BCUT2D eigenvalue weighted by Crippen LogP contribution is -2.24. The average molecular weight is 562 g/mol. The summed E-state index contributed by atoms with van der Waals surface area (Å²) in [6.45, 7) is 9.03. The number of carbonyl (C=O) groups is 2. The molecule has 3 aromatic rings. The molecule has 1 aromatic heterocycles. The highest BCUT2D eigenvalue weighted by atomic mass is 19.4. The molecule has 0 amide bonds. The predicted molar refractivity (Wildman–Crippen MR) is 147 cm³/mol. The number of allylic oxidation sites excluding steroid dienone is 3. The van der Waals surface area contributed by atoms with Crippen LogP contribution in [0.25, 0.3) is 10.9 Å². The Morgan fingerprint density at radius 3 is 2.35 bits per heavy atom. The first-order chi connectivity index (χ1) is 18.7. The van der Waals surface area contributed by atoms with Crippen molar-refractivity contribution in [2.45, 2.75) is 52.5 Å². The number of aryl methyl sites for hydroxylation is 1. The number of aliphatic carboxylic acids is 1. The number of carbonyl (C=O) groups excluding carboxylic acids is 1. The SMILES string of the molecule is C/C=C(C=O)\C=C/CO.Cc1c(C(C)(C)c2cccc(OC(C)C(=O)O)c2)c2cc(OC(F)(F)F)ccc2n1C. The van der Waals surface area contributed by atoms with Gasteiger partial charge in [0.2, 0.25) is 0 Å². The third-order valence-corrected chi connectivity index (χ3v) is 6.42. The standard InChI is InChI=1S/C23H24F3NO4.C7H10O2/c1-13-20(18-12-17(31-23(24,25)26)9-10-19(18)27(13)5)22(3,4)15-7-6-8-16(11-15)30-14(2)21(28)29;1-2-7(6-9)4-3-5-8/h6-12,14H,1-5H3,(H,28,29);2-4,6,8H,5H2,1H3/b;4-3-,7-2+. The quantitative estimate of drug-likeness (QED) is 0.182. The topological polar surface area (TPSA) is 98.0 Å². The molecule has 2 aromatic carbocycles. The maximum Gasteiger partial charge on any atom is 0.573 e. The number of carboxylic acids is 1. The van der Waals surface area contributed by atoms with Crippen molar-refractivity contribution in [3.8, 4) is 11.5 Å². The van der Waals surface area contributed by atoms with E-state index in [0.717, 1.165) is 28.6 Å². The van der Waals surface area contributed by atoms with Gasteiger partial charge in [0.15, 0.2) is 6.10 Å². The number of hydrogen-bond acceptors (Lipinski definition) is 5. The average Bonchev–Trinajstić information content (AvgIpc) is 3.13. The van der Waals surface area contributed by atoms with Crippen LogP contribution in [0.15, 0.2) is 66.3 Å². The molecule has 1 unspecified atom stereocenters. The zero-order chi connectivity index (χ0) is 30.3. The second-order valence-corrected chi connectivity index (χ2v) is 9.49. The van der Waals surface area contributed by atoms with Crippen LogP contribution in [0.1, 0.15) is 44.5 Å². The van der Waals surface area contributed by atoms with E-state index in [2.05, 4.69) is 4.74 Å². The van der Waals surface area contributed by atoms with E-state index in [4.69, 9.17) is 14.9 Å². The molecular formula is C30H34F3NO6. The van der Waals surface area contributed by atoms with Crippen LogP contribution >= 0.6 is 0 Å². The summed E-state index contributed by atoms with van der Waals surface area (Å²) in [5, 5.41) is 18.0. The monoisotopic (exact) mass is 561 g/mol. The van der Waals surface area contributed by atoms with Gasteiger partial charge in [-0.25, -0.2) is 4.79 Å². The molecule has 0 bridgehead atoms. The molecule has 0 fully saturated rings. The van der Waals surface area contributed by atoms with E-state index in [1.165, 1.54) is 25.1 Å². The van der Waals surface area contributed by atoms with Gasteiger partial charge in [0.25, 0.3) is 0 Å². The van der Waals surface area contributed by atoms with E-state index in [-0.39, 0.29) is 12.4 Å². The predicted octanol–water partition coefficient (Wildman–Crippen LogP) is 6.24. The van der Waals surface area contributed by atoms with Gasteiger partial charge in [0.05, 0.1) is 6.61 Å². The molecule has 1 heterocycles. The number of rotatable bonds is 9. The maximum absolute atomic E-state index is 12.7. The second kappa shape index (κ2) is 13.3. The normalized spacial score (nSPS) is 13.1. The van der Waals surface area contributed by atoms with E-state index in [1.807, 2.05) is 38.5 Å². The van der Waals surface area contributed by atoms with Gasteiger partial charge in [-0.1, -0.05) is 44.2 Å². The summed E-state index contributed by atoms with van der Waals surface area (Å²) in [6.07, 6.45) is -0.276. The molecule has 0 radical (unpaired) electrons. The third-order valence-electron chi connectivity index (χ3n) is 6.42. The number of aldehydes is 1. The van der Waals surface area contributed by atoms with Gasteiger partial charge >= 0.3 is 12.3 Å². The van der Waals surface area contributed by atoms with Crippen molar-refractivity contribution in [3.63, 3.8) is 0 Å². The number of fused-ring (bicyclic) bond motifs is 1. The number of nitrogens with zero attached hydrogens (tertiary/aromatic N) is 1. The van der Waals surface area contributed by atoms with Gasteiger partial charge in [0, 0.05) is 34.6 Å². The van der Waals surface area contributed by atoms with E-state index in [9.17, 15) is 22.8 Å². The summed E-state index contributed by atoms with van der Waals surface area (Å²) in [5.74, 6) is -0.957. The van der Waals surface area contributed by atoms with Crippen molar-refractivity contribution in [1.82, 2.24) is 4.57 Å². The van der Waals surface area contributed by atoms with Crippen LogP contribution in [0.2, 0.25) is 0 Å². The van der Waals surface area contributed by atoms with Gasteiger partial charge in [-0.3, -0.25) is 4.79 Å². The number of ether oxygens (including phenoxy) is 2. The summed E-state index contributed by atoms with van der Waals surface area (Å²) in [7, 11) is 1.86. The summed E-state index contributed by atoms with van der Waals surface area (Å²) in [4.78, 5) is 21.2. The summed E-state index contributed by atoms with van der Waals surface area (Å²) < 4.78 is 49.8. The molecule has 10 heteroatoms. The Labute approximate surface area is 231 Å². The Morgan fingerprint density at radius 2 is 1.80 bits per heavy atom. The van der Waals surface area contributed by atoms with Gasteiger partial charge in [0.1, 0.15) is 17.8 Å². The summed E-state index contributed by atoms with van der Waals surface area (Å²) in [6, 6.07) is 11.4. The zero-order valence-electron chi connectivity index (χ0n) is 23.2. The number of benzene rings is 2. The molecule has 216 valence electrons. The first-order valence-corrected chi connectivity index (χ1v) is 12.4. The molecule has 0 saturated carbocycles. The minimum atomic E-state index is -4.78. The molecule has 40 heavy (non-hydrogen) atoms. The number of aromatic nitrogens is 1. The Morgan fingerprint density at radius 1 is 1.12 bits per heavy atom. The molecule has 0 aliphatic heterocycles. The largest absolute Gasteiger partial charge is 0.573 e. The fraction of sp³-hybridized carbons (Fsp3) is 0.333. The van der Waals surface area contributed by atoms with Crippen LogP contribution in [-0.2, 0) is 22.1 Å². The fourth-order valence-electron chi connectivity index (χ4n) is 4.29. The lowest BCUT2D eigenvalue weighted by atomic mass is 9.76. The van der Waals surface area contributed by atoms with Crippen molar-refractivity contribution in [1.29, 1.82) is 0 Å². The van der Waals surface area contributed by atoms with Gasteiger partial charge in [-0.2, -0.15) is 0 Å². The first-order valence-electron chi connectivity index (χ1n) is 12.4. The Bertz CT molecular complexity index is 1400. The Balaban J connectivity index is 0.000000536. The van der Waals surface area contributed by atoms with Crippen LogP contribution in [0.4, 0.5) is 13.2 Å². The second-order valence-electron chi connectivity index (χ2n) is 9.49. The van der Waals surface area contributed by atoms with Crippen molar-refractivity contribution < 1.29 is 42.4 Å². The van der Waals surface area contributed by atoms with E-state index in [0.29, 0.717) is 16.7 Å². The van der Waals surface area contributed by atoms with Crippen LogP contribution in [-0.4, -0.2) is 46.1 Å². The molecule has 2 N–H and O–H groups in total. The lowest BCUT2D eigenvalue weighted by Gasteiger charge is -2.27. The van der Waals surface area contributed by atoms with E-state index in [1.54, 1.807) is 43.3 Å². The first kappa shape index (κ1) is 32.2. The Hall–Kier alpha value is -4.05. The molecule has 0 aliphatic rings. The molecular weight excluding hydrogens is 527 g/mol. The van der Waals surface area contributed by atoms with Crippen molar-refractivity contribution >= 4 is 23.2 Å². The number of aliphatic hydroxyl groups excluding tert-OH is 1. The van der Waals surface area contributed by atoms with Crippen molar-refractivity contribution in [3.05, 3.63) is 83.1 Å². The highest BCUT2D eigenvalue weighted by molar-refractivity contribution is 5.88. The highest BCUT2D eigenvalue weighted by Crippen LogP contribution is 2.42. The van der Waals surface area contributed by atoms with E-state index < -0.39 is 23.9 Å². The number of aliphatic hydroxyl groups is 1. The van der Waals surface area contributed by atoms with Crippen molar-refractivity contribution in [2.75, 3.05) is 6.61 Å². The zero-order valence-corrected chi connectivity index (χ0v) is 23.2. The van der Waals surface area contributed by atoms with Gasteiger partial charge in [-0.15, -0.1) is 13.2 Å². The van der Waals surface area contributed by atoms with Crippen molar-refractivity contribution in [2.24, 2.45) is 7.05 Å². The fourth-order valence-corrected chi connectivity index (χ4v) is 4.29. The lowest BCUT2D eigenvalue weighted by molar-refractivity contribution is -0.274. The van der Waals surface area contributed by atoms with Gasteiger partial charge in [-0.05, 0) is 62.2 Å². The molecule has 0 spiro atoms. The van der Waals surface area contributed by atoms with Crippen LogP contribution in [0.3, 0.4) is 0 Å². The molecule has 3 rings (SSSR count). The number of hydrogen-bond donors (Lipinski definition) is 2. The smallest absolute Gasteiger partial charge is 0.479 e. The number of halogens is 3. The molecule has 0 saturated heterocycles. The molecule has 1 atom stereocenters. The summed E-state index contributed by atoms with van der Waals surface area (Å²) >= 11 is 0. The Kier molecular flexibility index (Phi) is 10.7. The number of carboxylic acid groups (broad SMARTS) is 1. The highest BCUT2D eigenvalue weighted by Gasteiger charge is 2.33. The van der Waals surface area contributed by atoms with Crippen LogP contribution < -0.4 is 9.47 Å². The maximum atomic E-state index is 12.7. The number of alkyl halides is 3. The van der Waals surface area contributed by atoms with Crippen LogP contribution in [0, 0.1) is 6.92 Å². The minimum Gasteiger partial charge on any atom is -0.479 e. The van der Waals surface area contributed by atoms with Crippen LogP contribution in [0.5, 0.6) is 11.5 Å².